The molecule has 3 nitrogen and oxygen atoms in total. The number of halogens is 1. The second-order valence-electron chi connectivity index (χ2n) is 3.92. The average molecular weight is 225 g/mol. The van der Waals surface area contributed by atoms with Crippen molar-refractivity contribution in [1.82, 2.24) is 5.32 Å². The van der Waals surface area contributed by atoms with Crippen LogP contribution in [0.15, 0.2) is 12.1 Å². The van der Waals surface area contributed by atoms with Crippen LogP contribution in [0, 0.1) is 5.82 Å². The molecule has 1 atom stereocenters. The Morgan fingerprint density at radius 3 is 2.69 bits per heavy atom. The highest BCUT2D eigenvalue weighted by molar-refractivity contribution is 5.42. The summed E-state index contributed by atoms with van der Waals surface area (Å²) in [5.41, 5.74) is 0.682. The van der Waals surface area contributed by atoms with Crippen molar-refractivity contribution in [2.75, 3.05) is 27.3 Å². The highest BCUT2D eigenvalue weighted by Crippen LogP contribution is 2.33. The number of rotatable bonds is 3. The molecule has 88 valence electrons. The molecule has 16 heavy (non-hydrogen) atoms. The molecule has 0 saturated carbocycles. The van der Waals surface area contributed by atoms with Crippen LogP contribution in [0.2, 0.25) is 0 Å². The van der Waals surface area contributed by atoms with Gasteiger partial charge in [0.05, 0.1) is 14.2 Å². The molecule has 1 unspecified atom stereocenters. The molecular formula is C12H16FNO2. The molecule has 0 radical (unpaired) electrons. The summed E-state index contributed by atoms with van der Waals surface area (Å²) < 4.78 is 24.2. The zero-order chi connectivity index (χ0) is 11.5. The zero-order valence-electron chi connectivity index (χ0n) is 9.55. The summed E-state index contributed by atoms with van der Waals surface area (Å²) in [6.45, 7) is 1.75. The van der Waals surface area contributed by atoms with E-state index < -0.39 is 0 Å². The van der Waals surface area contributed by atoms with Gasteiger partial charge in [0.15, 0.2) is 11.6 Å². The van der Waals surface area contributed by atoms with Crippen LogP contribution in [0.3, 0.4) is 0 Å². The summed E-state index contributed by atoms with van der Waals surface area (Å²) in [4.78, 5) is 0. The third-order valence-electron chi connectivity index (χ3n) is 3.00. The quantitative estimate of drug-likeness (QED) is 0.852. The minimum absolute atomic E-state index is 0.212. The number of ether oxygens (including phenoxy) is 2. The topological polar surface area (TPSA) is 30.5 Å². The fraction of sp³-hybridized carbons (Fsp3) is 0.500. The van der Waals surface area contributed by atoms with Gasteiger partial charge < -0.3 is 14.8 Å². The molecule has 1 heterocycles. The molecule has 0 bridgehead atoms. The van der Waals surface area contributed by atoms with Gasteiger partial charge in [-0.15, -0.1) is 0 Å². The molecule has 1 saturated heterocycles. The Balaban J connectivity index is 2.41. The number of hydrogen-bond acceptors (Lipinski definition) is 3. The van der Waals surface area contributed by atoms with E-state index in [1.807, 2.05) is 0 Å². The van der Waals surface area contributed by atoms with Crippen LogP contribution >= 0.6 is 0 Å². The van der Waals surface area contributed by atoms with Gasteiger partial charge >= 0.3 is 0 Å². The fourth-order valence-corrected chi connectivity index (χ4v) is 2.08. The molecule has 1 aliphatic rings. The van der Waals surface area contributed by atoms with Crippen molar-refractivity contribution in [3.05, 3.63) is 23.5 Å². The number of methoxy groups -OCH3 is 2. The Labute approximate surface area is 94.6 Å². The van der Waals surface area contributed by atoms with Gasteiger partial charge in [-0.25, -0.2) is 4.39 Å². The second kappa shape index (κ2) is 4.70. The Morgan fingerprint density at radius 2 is 2.12 bits per heavy atom. The molecule has 1 fully saturated rings. The second-order valence-corrected chi connectivity index (χ2v) is 3.92. The average Bonchev–Trinajstić information content (AvgIpc) is 2.83. The maximum absolute atomic E-state index is 14.0. The summed E-state index contributed by atoms with van der Waals surface area (Å²) in [5, 5.41) is 3.22. The molecule has 0 spiro atoms. The third-order valence-corrected chi connectivity index (χ3v) is 3.00. The first-order chi connectivity index (χ1) is 7.76. The van der Waals surface area contributed by atoms with Crippen LogP contribution in [0.5, 0.6) is 11.5 Å². The highest BCUT2D eigenvalue weighted by Gasteiger charge is 2.23. The van der Waals surface area contributed by atoms with Crippen LogP contribution in [0.1, 0.15) is 17.9 Å². The summed E-state index contributed by atoms with van der Waals surface area (Å²) in [6.07, 6.45) is 0.952. The van der Waals surface area contributed by atoms with Gasteiger partial charge in [-0.3, -0.25) is 0 Å². The van der Waals surface area contributed by atoms with E-state index in [4.69, 9.17) is 9.47 Å². The van der Waals surface area contributed by atoms with Gasteiger partial charge in [0.25, 0.3) is 0 Å². The first-order valence-corrected chi connectivity index (χ1v) is 5.38. The van der Waals surface area contributed by atoms with Crippen molar-refractivity contribution in [3.63, 3.8) is 0 Å². The monoisotopic (exact) mass is 225 g/mol. The smallest absolute Gasteiger partial charge is 0.168 e. The van der Waals surface area contributed by atoms with Crippen molar-refractivity contribution < 1.29 is 13.9 Å². The molecule has 1 aromatic rings. The summed E-state index contributed by atoms with van der Waals surface area (Å²) >= 11 is 0. The maximum atomic E-state index is 14.0. The standard InChI is InChI=1S/C12H16FNO2/c1-15-9-5-10(8-3-4-14-7-8)12(13)11(6-9)16-2/h5-6,8,14H,3-4,7H2,1-2H3. The normalized spacial score (nSPS) is 19.8. The summed E-state index contributed by atoms with van der Waals surface area (Å²) in [5.74, 6) is 0.836. The van der Waals surface area contributed by atoms with Gasteiger partial charge in [0, 0.05) is 18.5 Å². The van der Waals surface area contributed by atoms with Gasteiger partial charge in [-0.1, -0.05) is 0 Å². The van der Waals surface area contributed by atoms with E-state index in [1.54, 1.807) is 19.2 Å². The fourth-order valence-electron chi connectivity index (χ4n) is 2.08. The molecule has 1 aromatic carbocycles. The van der Waals surface area contributed by atoms with Gasteiger partial charge in [0.2, 0.25) is 0 Å². The van der Waals surface area contributed by atoms with Crippen LogP contribution in [-0.2, 0) is 0 Å². The van der Waals surface area contributed by atoms with Crippen molar-refractivity contribution in [3.8, 4) is 11.5 Å². The lowest BCUT2D eigenvalue weighted by molar-refractivity contribution is 0.369. The van der Waals surface area contributed by atoms with E-state index in [1.165, 1.54) is 7.11 Å². The first kappa shape index (κ1) is 11.2. The SMILES string of the molecule is COc1cc(OC)c(F)c(C2CCNC2)c1. The van der Waals surface area contributed by atoms with Crippen molar-refractivity contribution in [2.45, 2.75) is 12.3 Å². The van der Waals surface area contributed by atoms with E-state index in [2.05, 4.69) is 5.32 Å². The third kappa shape index (κ3) is 1.97. The molecule has 2 rings (SSSR count). The molecule has 0 aliphatic carbocycles. The number of hydrogen-bond donors (Lipinski definition) is 1. The van der Waals surface area contributed by atoms with E-state index in [-0.39, 0.29) is 17.5 Å². The zero-order valence-corrected chi connectivity index (χ0v) is 9.55. The lowest BCUT2D eigenvalue weighted by Crippen LogP contribution is -2.09. The van der Waals surface area contributed by atoms with Crippen molar-refractivity contribution in [1.29, 1.82) is 0 Å². The van der Waals surface area contributed by atoms with E-state index in [9.17, 15) is 4.39 Å². The van der Waals surface area contributed by atoms with Gasteiger partial charge in [-0.05, 0) is 24.6 Å². The predicted molar refractivity (Wildman–Crippen MR) is 59.7 cm³/mol. The van der Waals surface area contributed by atoms with Crippen LogP contribution in [0.25, 0.3) is 0 Å². The minimum Gasteiger partial charge on any atom is -0.497 e. The van der Waals surface area contributed by atoms with Gasteiger partial charge in [0.1, 0.15) is 5.75 Å². The van der Waals surface area contributed by atoms with E-state index in [0.717, 1.165) is 19.5 Å². The molecule has 0 amide bonds. The maximum Gasteiger partial charge on any atom is 0.168 e. The van der Waals surface area contributed by atoms with Crippen molar-refractivity contribution >= 4 is 0 Å². The van der Waals surface area contributed by atoms with Gasteiger partial charge in [-0.2, -0.15) is 0 Å². The predicted octanol–water partition coefficient (Wildman–Crippen LogP) is 1.92. The van der Waals surface area contributed by atoms with Crippen LogP contribution < -0.4 is 14.8 Å². The lowest BCUT2D eigenvalue weighted by atomic mass is 9.97. The van der Waals surface area contributed by atoms with Crippen LogP contribution in [-0.4, -0.2) is 27.3 Å². The number of benzene rings is 1. The number of nitrogens with one attached hydrogen (secondary N) is 1. The summed E-state index contributed by atoms with van der Waals surface area (Å²) in [7, 11) is 3.04. The van der Waals surface area contributed by atoms with Crippen LogP contribution in [0.4, 0.5) is 4.39 Å². The highest BCUT2D eigenvalue weighted by atomic mass is 19.1. The Morgan fingerprint density at radius 1 is 1.31 bits per heavy atom. The molecule has 4 heteroatoms. The lowest BCUT2D eigenvalue weighted by Gasteiger charge is -2.14. The minimum atomic E-state index is -0.267. The first-order valence-electron chi connectivity index (χ1n) is 5.38. The largest absolute Gasteiger partial charge is 0.497 e. The van der Waals surface area contributed by atoms with Crippen molar-refractivity contribution in [2.24, 2.45) is 0 Å². The molecule has 0 aromatic heterocycles. The van der Waals surface area contributed by atoms with E-state index in [0.29, 0.717) is 11.3 Å². The Bertz CT molecular complexity index is 376. The molecular weight excluding hydrogens is 209 g/mol. The Hall–Kier alpha value is -1.29. The summed E-state index contributed by atoms with van der Waals surface area (Å²) in [6, 6.07) is 3.33. The molecule has 1 N–H and O–H groups in total. The molecule has 1 aliphatic heterocycles. The van der Waals surface area contributed by atoms with E-state index >= 15 is 0 Å². The Kier molecular flexibility index (Phi) is 3.29.